The maximum Gasteiger partial charge on any atom is 1.00 e. The molecule has 22 heavy (non-hydrogen) atoms. The van der Waals surface area contributed by atoms with Gasteiger partial charge < -0.3 is 14.8 Å². The molecule has 3 unspecified atom stereocenters. The number of aliphatic carboxylic acids is 2. The standard InChI is InChI=1S/C13H24O7S.Na/c1-4-6-7-9(5-2)8-13(3,12(16)17)10(11(14)15)21(18,19)20;/h9-10H,4-8H2,1-3H3,(H,14,15)(H,16,17)(H,18,19,20);/q;+1/p-1. The third-order valence-electron chi connectivity index (χ3n) is 3.84. The molecule has 0 saturated carbocycles. The summed E-state index contributed by atoms with van der Waals surface area (Å²) in [7, 11) is -5.27. The molecule has 0 fully saturated rings. The predicted molar refractivity (Wildman–Crippen MR) is 74.8 cm³/mol. The van der Waals surface area contributed by atoms with Crippen LogP contribution in [0.15, 0.2) is 0 Å². The van der Waals surface area contributed by atoms with E-state index in [4.69, 9.17) is 5.11 Å². The summed E-state index contributed by atoms with van der Waals surface area (Å²) >= 11 is 0. The van der Waals surface area contributed by atoms with Gasteiger partial charge in [-0.15, -0.1) is 0 Å². The van der Waals surface area contributed by atoms with Crippen molar-refractivity contribution in [2.24, 2.45) is 11.3 Å². The molecule has 7 nitrogen and oxygen atoms in total. The first kappa shape index (κ1) is 24.1. The summed E-state index contributed by atoms with van der Waals surface area (Å²) < 4.78 is 33.6. The molecule has 0 aromatic heterocycles. The summed E-state index contributed by atoms with van der Waals surface area (Å²) in [5.41, 5.74) is -2.14. The van der Waals surface area contributed by atoms with Crippen LogP contribution in [0.5, 0.6) is 0 Å². The van der Waals surface area contributed by atoms with Crippen molar-refractivity contribution in [3.8, 4) is 0 Å². The number of hydrogen-bond acceptors (Lipinski definition) is 5. The topological polar surface area (TPSA) is 132 Å². The van der Waals surface area contributed by atoms with E-state index >= 15 is 0 Å². The molecule has 0 spiro atoms. The molecule has 0 saturated heterocycles. The van der Waals surface area contributed by atoms with E-state index in [9.17, 15) is 27.7 Å². The third-order valence-corrected chi connectivity index (χ3v) is 5.14. The summed E-state index contributed by atoms with van der Waals surface area (Å²) in [5, 5.41) is 15.8. The van der Waals surface area contributed by atoms with E-state index in [1.807, 2.05) is 13.8 Å². The second kappa shape index (κ2) is 9.87. The Morgan fingerprint density at radius 1 is 1.23 bits per heavy atom. The van der Waals surface area contributed by atoms with Crippen molar-refractivity contribution >= 4 is 22.1 Å². The second-order valence-electron chi connectivity index (χ2n) is 5.55. The average molecular weight is 346 g/mol. The maximum atomic E-state index is 11.5. The Hall–Kier alpha value is -0.150. The summed E-state index contributed by atoms with van der Waals surface area (Å²) in [4.78, 5) is 22.6. The van der Waals surface area contributed by atoms with E-state index in [1.54, 1.807) is 0 Å². The van der Waals surface area contributed by atoms with Gasteiger partial charge in [0.2, 0.25) is 0 Å². The molecule has 0 aromatic carbocycles. The van der Waals surface area contributed by atoms with E-state index < -0.39 is 32.7 Å². The molecule has 0 heterocycles. The van der Waals surface area contributed by atoms with Crippen LogP contribution in [0.3, 0.4) is 0 Å². The minimum absolute atomic E-state index is 0. The van der Waals surface area contributed by atoms with Gasteiger partial charge in [-0.3, -0.25) is 9.59 Å². The van der Waals surface area contributed by atoms with Gasteiger partial charge in [-0.05, 0) is 19.3 Å². The molecule has 0 aliphatic rings. The van der Waals surface area contributed by atoms with Crippen LogP contribution >= 0.6 is 0 Å². The maximum absolute atomic E-state index is 11.5. The van der Waals surface area contributed by atoms with Crippen LogP contribution in [0.1, 0.15) is 52.9 Å². The minimum Gasteiger partial charge on any atom is -0.747 e. The Bertz CT molecular complexity index is 477. The first-order valence-electron chi connectivity index (χ1n) is 6.91. The number of hydrogen-bond donors (Lipinski definition) is 2. The van der Waals surface area contributed by atoms with Gasteiger partial charge in [-0.1, -0.05) is 39.5 Å². The summed E-state index contributed by atoms with van der Waals surface area (Å²) in [6, 6.07) is 0. The van der Waals surface area contributed by atoms with Crippen LogP contribution in [0.4, 0.5) is 0 Å². The fourth-order valence-corrected chi connectivity index (χ4v) is 3.65. The monoisotopic (exact) mass is 346 g/mol. The Morgan fingerprint density at radius 2 is 1.73 bits per heavy atom. The molecular weight excluding hydrogens is 323 g/mol. The van der Waals surface area contributed by atoms with Crippen LogP contribution in [0.2, 0.25) is 0 Å². The number of carboxylic acid groups (broad SMARTS) is 2. The molecule has 0 aliphatic carbocycles. The van der Waals surface area contributed by atoms with Crippen molar-refractivity contribution in [1.29, 1.82) is 0 Å². The van der Waals surface area contributed by atoms with E-state index in [2.05, 4.69) is 0 Å². The zero-order valence-electron chi connectivity index (χ0n) is 13.5. The molecule has 2 N–H and O–H groups in total. The molecular formula is C13H23NaO7S. The normalized spacial score (nSPS) is 16.9. The van der Waals surface area contributed by atoms with Crippen LogP contribution < -0.4 is 29.6 Å². The fourth-order valence-electron chi connectivity index (χ4n) is 2.56. The predicted octanol–water partition coefficient (Wildman–Crippen LogP) is -1.31. The van der Waals surface area contributed by atoms with Crippen LogP contribution in [0.25, 0.3) is 0 Å². The van der Waals surface area contributed by atoms with Gasteiger partial charge in [0, 0.05) is 0 Å². The van der Waals surface area contributed by atoms with Crippen molar-refractivity contribution in [2.45, 2.75) is 58.1 Å². The number of carbonyl (C=O) groups is 2. The van der Waals surface area contributed by atoms with Gasteiger partial charge in [0.1, 0.15) is 10.1 Å². The van der Waals surface area contributed by atoms with Gasteiger partial charge in [0.05, 0.1) is 5.41 Å². The van der Waals surface area contributed by atoms with Crippen molar-refractivity contribution < 1.29 is 62.3 Å². The molecule has 9 heteroatoms. The van der Waals surface area contributed by atoms with Crippen LogP contribution in [-0.2, 0) is 19.7 Å². The Balaban J connectivity index is 0. The van der Waals surface area contributed by atoms with Gasteiger partial charge in [-0.2, -0.15) is 0 Å². The van der Waals surface area contributed by atoms with Crippen LogP contribution in [-0.4, -0.2) is 40.4 Å². The molecule has 124 valence electrons. The first-order valence-corrected chi connectivity index (χ1v) is 8.38. The molecule has 0 aliphatic heterocycles. The van der Waals surface area contributed by atoms with Crippen molar-refractivity contribution in [1.82, 2.24) is 0 Å². The van der Waals surface area contributed by atoms with Gasteiger partial charge in [0.15, 0.2) is 5.25 Å². The third kappa shape index (κ3) is 6.54. The van der Waals surface area contributed by atoms with Gasteiger partial charge in [0.25, 0.3) is 0 Å². The second-order valence-corrected chi connectivity index (χ2v) is 7.01. The van der Waals surface area contributed by atoms with Crippen molar-refractivity contribution in [2.75, 3.05) is 0 Å². The Morgan fingerprint density at radius 3 is 2.00 bits per heavy atom. The fraction of sp³-hybridized carbons (Fsp3) is 0.846. The quantitative estimate of drug-likeness (QED) is 0.370. The van der Waals surface area contributed by atoms with E-state index in [0.717, 1.165) is 19.8 Å². The van der Waals surface area contributed by atoms with Crippen molar-refractivity contribution in [3.05, 3.63) is 0 Å². The number of rotatable bonds is 10. The zero-order chi connectivity index (χ0) is 16.8. The molecule has 0 amide bonds. The van der Waals surface area contributed by atoms with Crippen LogP contribution in [0, 0.1) is 11.3 Å². The van der Waals surface area contributed by atoms with Gasteiger partial charge in [-0.25, -0.2) is 8.42 Å². The minimum atomic E-state index is -5.27. The summed E-state index contributed by atoms with van der Waals surface area (Å²) in [5.74, 6) is -3.64. The smallest absolute Gasteiger partial charge is 0.747 e. The molecule has 3 atom stereocenters. The number of unbranched alkanes of at least 4 members (excludes halogenated alkanes) is 1. The molecule has 0 aromatic rings. The van der Waals surface area contributed by atoms with Gasteiger partial charge >= 0.3 is 41.5 Å². The van der Waals surface area contributed by atoms with E-state index in [-0.39, 0.29) is 41.9 Å². The number of carboxylic acids is 2. The largest absolute Gasteiger partial charge is 1.00 e. The molecule has 0 rings (SSSR count). The Labute approximate surface area is 153 Å². The molecule has 0 radical (unpaired) electrons. The average Bonchev–Trinajstić information content (AvgIpc) is 2.31. The van der Waals surface area contributed by atoms with E-state index in [1.165, 1.54) is 0 Å². The molecule has 0 bridgehead atoms. The SMILES string of the molecule is CCCCC(CC)CC(C)(C(=O)O)C(C(=O)O)S(=O)(=O)[O-].[Na+]. The summed E-state index contributed by atoms with van der Waals surface area (Å²) in [6.45, 7) is 4.81. The zero-order valence-corrected chi connectivity index (χ0v) is 16.4. The first-order chi connectivity index (χ1) is 9.50. The summed E-state index contributed by atoms with van der Waals surface area (Å²) in [6.07, 6.45) is 2.82. The van der Waals surface area contributed by atoms with Crippen molar-refractivity contribution in [3.63, 3.8) is 0 Å². The van der Waals surface area contributed by atoms with E-state index in [0.29, 0.717) is 12.8 Å². The Kier molecular flexibility index (Phi) is 10.8.